The monoisotopic (exact) mass is 529 g/mol. The van der Waals surface area contributed by atoms with Crippen molar-refractivity contribution in [1.29, 1.82) is 0 Å². The van der Waals surface area contributed by atoms with Crippen LogP contribution < -0.4 is 10.2 Å². The molecule has 1 aliphatic heterocycles. The lowest BCUT2D eigenvalue weighted by Crippen LogP contribution is -2.50. The Morgan fingerprint density at radius 1 is 1.05 bits per heavy atom. The van der Waals surface area contributed by atoms with E-state index < -0.39 is 46.4 Å². The second kappa shape index (κ2) is 10.00. The van der Waals surface area contributed by atoms with Crippen molar-refractivity contribution in [3.05, 3.63) is 58.7 Å². The van der Waals surface area contributed by atoms with Crippen molar-refractivity contribution >= 4 is 23.2 Å². The van der Waals surface area contributed by atoms with E-state index >= 15 is 0 Å². The molecular formula is C26H29F6N3O2. The summed E-state index contributed by atoms with van der Waals surface area (Å²) >= 11 is 0. The second-order valence-electron chi connectivity index (χ2n) is 9.62. The number of halogens is 6. The molecule has 0 bridgehead atoms. The molecule has 1 heterocycles. The van der Waals surface area contributed by atoms with Gasteiger partial charge in [-0.1, -0.05) is 32.0 Å². The van der Waals surface area contributed by atoms with Gasteiger partial charge in [0.2, 0.25) is 11.8 Å². The van der Waals surface area contributed by atoms with Crippen molar-refractivity contribution in [2.75, 3.05) is 36.9 Å². The molecule has 5 nitrogen and oxygen atoms in total. The molecule has 0 spiro atoms. The first-order chi connectivity index (χ1) is 17.0. The van der Waals surface area contributed by atoms with Crippen molar-refractivity contribution in [2.45, 2.75) is 40.0 Å². The maximum absolute atomic E-state index is 13.7. The first kappa shape index (κ1) is 28.5. The Hall–Kier alpha value is -3.08. The summed E-state index contributed by atoms with van der Waals surface area (Å²) in [5.41, 5.74) is -2.93. The summed E-state index contributed by atoms with van der Waals surface area (Å²) in [5, 5.41) is 2.29. The van der Waals surface area contributed by atoms with Gasteiger partial charge < -0.3 is 15.1 Å². The Labute approximate surface area is 211 Å². The number of hydrogen-bond donors (Lipinski definition) is 1. The molecule has 2 atom stereocenters. The molecule has 37 heavy (non-hydrogen) atoms. The highest BCUT2D eigenvalue weighted by atomic mass is 19.4. The van der Waals surface area contributed by atoms with Crippen molar-refractivity contribution in [2.24, 2.45) is 11.3 Å². The number of nitrogens with one attached hydrogen (secondary N) is 1. The third kappa shape index (κ3) is 5.61. The van der Waals surface area contributed by atoms with Crippen LogP contribution in [0.3, 0.4) is 0 Å². The summed E-state index contributed by atoms with van der Waals surface area (Å²) in [5.74, 6) is -2.07. The van der Waals surface area contributed by atoms with Crippen LogP contribution in [0, 0.1) is 25.2 Å². The largest absolute Gasteiger partial charge is 0.416 e. The third-order valence-corrected chi connectivity index (χ3v) is 7.00. The van der Waals surface area contributed by atoms with Crippen LogP contribution in [0.1, 0.15) is 36.1 Å². The van der Waals surface area contributed by atoms with E-state index in [-0.39, 0.29) is 25.1 Å². The molecule has 2 aromatic rings. The van der Waals surface area contributed by atoms with Gasteiger partial charge in [0.1, 0.15) is 0 Å². The lowest BCUT2D eigenvalue weighted by atomic mass is 9.77. The number of benzene rings is 2. The fourth-order valence-electron chi connectivity index (χ4n) is 4.79. The van der Waals surface area contributed by atoms with E-state index in [0.717, 1.165) is 11.1 Å². The number of para-hydroxylation sites is 1. The van der Waals surface area contributed by atoms with E-state index in [1.165, 1.54) is 4.90 Å². The molecule has 2 amide bonds. The van der Waals surface area contributed by atoms with Crippen LogP contribution in [0.15, 0.2) is 36.4 Å². The molecule has 2 aromatic carbocycles. The molecule has 1 saturated heterocycles. The first-order valence-electron chi connectivity index (χ1n) is 11.7. The number of rotatable bonds is 6. The summed E-state index contributed by atoms with van der Waals surface area (Å²) < 4.78 is 80.1. The van der Waals surface area contributed by atoms with Gasteiger partial charge in [0, 0.05) is 24.5 Å². The average molecular weight is 530 g/mol. The van der Waals surface area contributed by atoms with Crippen LogP contribution in [-0.2, 0) is 21.9 Å². The molecular weight excluding hydrogens is 500 g/mol. The van der Waals surface area contributed by atoms with Gasteiger partial charge in [0.25, 0.3) is 0 Å². The quantitative estimate of drug-likeness (QED) is 0.474. The fraction of sp³-hybridized carbons (Fsp3) is 0.462. The van der Waals surface area contributed by atoms with E-state index in [0.29, 0.717) is 24.4 Å². The zero-order chi connectivity index (χ0) is 27.9. The molecule has 0 aromatic heterocycles. The molecule has 0 saturated carbocycles. The first-order valence-corrected chi connectivity index (χ1v) is 11.7. The van der Waals surface area contributed by atoms with E-state index in [1.54, 1.807) is 18.9 Å². The van der Waals surface area contributed by atoms with Crippen molar-refractivity contribution in [3.8, 4) is 0 Å². The lowest BCUT2D eigenvalue weighted by molar-refractivity contribution is -0.143. The van der Waals surface area contributed by atoms with Crippen molar-refractivity contribution in [1.82, 2.24) is 4.90 Å². The van der Waals surface area contributed by atoms with E-state index in [1.807, 2.05) is 39.0 Å². The maximum atomic E-state index is 13.7. The van der Waals surface area contributed by atoms with Gasteiger partial charge in [-0.3, -0.25) is 9.59 Å². The highest BCUT2D eigenvalue weighted by Gasteiger charge is 2.56. The van der Waals surface area contributed by atoms with Gasteiger partial charge in [-0.25, -0.2) is 0 Å². The number of carbonyl (C=O) groups is 2. The minimum Gasteiger partial charge on any atom is -0.325 e. The Kier molecular flexibility index (Phi) is 7.70. The van der Waals surface area contributed by atoms with Crippen LogP contribution in [0.2, 0.25) is 0 Å². The van der Waals surface area contributed by atoms with Crippen molar-refractivity contribution in [3.63, 3.8) is 0 Å². The highest BCUT2D eigenvalue weighted by Crippen LogP contribution is 2.43. The van der Waals surface area contributed by atoms with Crippen LogP contribution >= 0.6 is 0 Å². The molecule has 1 N–H and O–H groups in total. The minimum atomic E-state index is -5.06. The number of anilines is 2. The van der Waals surface area contributed by atoms with Crippen molar-refractivity contribution < 1.29 is 35.9 Å². The highest BCUT2D eigenvalue weighted by molar-refractivity contribution is 6.08. The number of amides is 2. The van der Waals surface area contributed by atoms with Gasteiger partial charge >= 0.3 is 12.4 Å². The summed E-state index contributed by atoms with van der Waals surface area (Å²) in [4.78, 5) is 30.5. The zero-order valence-electron chi connectivity index (χ0n) is 21.1. The molecule has 2 unspecified atom stereocenters. The van der Waals surface area contributed by atoms with E-state index in [9.17, 15) is 35.9 Å². The molecule has 202 valence electrons. The Morgan fingerprint density at radius 2 is 1.57 bits per heavy atom. The van der Waals surface area contributed by atoms with Gasteiger partial charge in [0.15, 0.2) is 0 Å². The summed E-state index contributed by atoms with van der Waals surface area (Å²) in [7, 11) is 1.72. The average Bonchev–Trinajstić information content (AvgIpc) is 3.03. The number of carbonyl (C=O) groups excluding carboxylic acids is 2. The van der Waals surface area contributed by atoms with Gasteiger partial charge in [0.05, 0.1) is 22.5 Å². The Balaban J connectivity index is 2.09. The summed E-state index contributed by atoms with van der Waals surface area (Å²) in [6, 6.07) is 6.40. The number of aryl methyl sites for hydroxylation is 2. The molecule has 11 heteroatoms. The Morgan fingerprint density at radius 3 is 2.03 bits per heavy atom. The predicted molar refractivity (Wildman–Crippen MR) is 128 cm³/mol. The predicted octanol–water partition coefficient (Wildman–Crippen LogP) is 5.90. The topological polar surface area (TPSA) is 52.7 Å². The smallest absolute Gasteiger partial charge is 0.325 e. The molecule has 0 radical (unpaired) electrons. The SMILES string of the molecule is CCN(C)CC1(C(=O)Nc2cc(C(F)(F)F)cc(C(F)(F)F)c2)CN(c2c(C)cccc2C)C(=O)C1C. The standard InChI is InChI=1S/C26H29F6N3O2/c1-6-34(5)13-24(14-35(22(36)17(24)4)21-15(2)8-7-9-16(21)3)23(37)33-20-11-18(25(27,28)29)10-19(12-20)26(30,31)32/h7-12,17H,6,13-14H2,1-5H3,(H,33,37). The van der Waals surface area contributed by atoms with Gasteiger partial charge in [-0.05, 0) is 56.8 Å². The normalized spacial score (nSPS) is 20.6. The second-order valence-corrected chi connectivity index (χ2v) is 9.62. The third-order valence-electron chi connectivity index (χ3n) is 7.00. The number of nitrogens with zero attached hydrogens (tertiary/aromatic N) is 2. The molecule has 1 aliphatic rings. The summed E-state index contributed by atoms with van der Waals surface area (Å²) in [6.45, 7) is 7.51. The van der Waals surface area contributed by atoms with Gasteiger partial charge in [-0.2, -0.15) is 26.3 Å². The zero-order valence-corrected chi connectivity index (χ0v) is 21.1. The van der Waals surface area contributed by atoms with Crippen LogP contribution in [0.4, 0.5) is 37.7 Å². The van der Waals surface area contributed by atoms with Crippen LogP contribution in [0.25, 0.3) is 0 Å². The molecule has 0 aliphatic carbocycles. The molecule has 3 rings (SSSR count). The number of hydrogen-bond acceptors (Lipinski definition) is 3. The van der Waals surface area contributed by atoms with Crippen LogP contribution in [-0.4, -0.2) is 43.4 Å². The molecule has 1 fully saturated rings. The Bertz CT molecular complexity index is 1140. The number of alkyl halides is 6. The van der Waals surface area contributed by atoms with E-state index in [4.69, 9.17) is 0 Å². The summed E-state index contributed by atoms with van der Waals surface area (Å²) in [6.07, 6.45) is -10.1. The van der Waals surface area contributed by atoms with Crippen LogP contribution in [0.5, 0.6) is 0 Å². The van der Waals surface area contributed by atoms with E-state index in [2.05, 4.69) is 5.32 Å². The van der Waals surface area contributed by atoms with Gasteiger partial charge in [-0.15, -0.1) is 0 Å². The maximum Gasteiger partial charge on any atom is 0.416 e. The fourth-order valence-corrected chi connectivity index (χ4v) is 4.79. The lowest BCUT2D eigenvalue weighted by Gasteiger charge is -2.34. The minimum absolute atomic E-state index is 0.000691.